The summed E-state index contributed by atoms with van der Waals surface area (Å²) in [5, 5.41) is 11.1. The monoisotopic (exact) mass is 286 g/mol. The van der Waals surface area contributed by atoms with Crippen LogP contribution in [0.1, 0.15) is 25.3 Å². The van der Waals surface area contributed by atoms with E-state index in [9.17, 15) is 18.9 Å². The summed E-state index contributed by atoms with van der Waals surface area (Å²) in [6, 6.07) is 3.59. The molecule has 20 heavy (non-hydrogen) atoms. The van der Waals surface area contributed by atoms with Crippen LogP contribution in [0, 0.1) is 10.1 Å². The second-order valence-electron chi connectivity index (χ2n) is 4.79. The summed E-state index contributed by atoms with van der Waals surface area (Å²) >= 11 is 0. The van der Waals surface area contributed by atoms with Crippen molar-refractivity contribution in [3.05, 3.63) is 33.9 Å². The molecule has 110 valence electrons. The van der Waals surface area contributed by atoms with Crippen LogP contribution in [0.2, 0.25) is 0 Å². The molecule has 0 saturated carbocycles. The van der Waals surface area contributed by atoms with E-state index < -0.39 is 11.3 Å². The first kappa shape index (κ1) is 14.6. The summed E-state index contributed by atoms with van der Waals surface area (Å²) in [4.78, 5) is 12.3. The number of alkyl halides is 2. The molecule has 0 spiro atoms. The number of hydrogen-bond acceptors (Lipinski definition) is 4. The molecule has 1 fully saturated rings. The highest BCUT2D eigenvalue weighted by Gasteiger charge is 2.24. The van der Waals surface area contributed by atoms with Crippen molar-refractivity contribution in [2.24, 2.45) is 0 Å². The lowest BCUT2D eigenvalue weighted by Gasteiger charge is -2.24. The molecule has 1 heterocycles. The van der Waals surface area contributed by atoms with E-state index in [1.165, 1.54) is 12.1 Å². The lowest BCUT2D eigenvalue weighted by Crippen LogP contribution is -2.30. The van der Waals surface area contributed by atoms with E-state index >= 15 is 0 Å². The Morgan fingerprint density at radius 3 is 2.90 bits per heavy atom. The zero-order valence-corrected chi connectivity index (χ0v) is 11.1. The van der Waals surface area contributed by atoms with Gasteiger partial charge in [-0.3, -0.25) is 10.1 Å². The first-order valence-corrected chi connectivity index (χ1v) is 6.42. The predicted octanol–water partition coefficient (Wildman–Crippen LogP) is 3.15. The number of nitro benzene ring substituents is 1. The van der Waals surface area contributed by atoms with E-state index in [0.717, 1.165) is 12.5 Å². The topological polar surface area (TPSA) is 55.6 Å². The Hall–Kier alpha value is -1.76. The minimum atomic E-state index is -2.71. The van der Waals surface area contributed by atoms with Crippen molar-refractivity contribution in [1.29, 1.82) is 0 Å². The smallest absolute Gasteiger partial charge is 0.293 e. The Kier molecular flexibility index (Phi) is 4.49. The van der Waals surface area contributed by atoms with Gasteiger partial charge in [-0.05, 0) is 19.4 Å². The number of rotatable bonds is 3. The molecule has 2 rings (SSSR count). The maximum Gasteiger partial charge on any atom is 0.293 e. The highest BCUT2D eigenvalue weighted by molar-refractivity contribution is 5.64. The summed E-state index contributed by atoms with van der Waals surface area (Å²) in [5.74, 6) is 0. The third-order valence-corrected chi connectivity index (χ3v) is 3.24. The maximum absolute atomic E-state index is 12.7. The van der Waals surface area contributed by atoms with Crippen molar-refractivity contribution in [3.63, 3.8) is 0 Å². The van der Waals surface area contributed by atoms with Crippen molar-refractivity contribution in [2.75, 3.05) is 24.6 Å². The summed E-state index contributed by atoms with van der Waals surface area (Å²) in [5.41, 5.74) is -0.242. The minimum absolute atomic E-state index is 0.0492. The summed E-state index contributed by atoms with van der Waals surface area (Å²) in [6.45, 7) is 3.60. The Labute approximate surface area is 115 Å². The van der Waals surface area contributed by atoms with Gasteiger partial charge in [-0.25, -0.2) is 8.78 Å². The third kappa shape index (κ3) is 3.22. The third-order valence-electron chi connectivity index (χ3n) is 3.24. The molecule has 0 amide bonds. The van der Waals surface area contributed by atoms with Gasteiger partial charge in [-0.2, -0.15) is 0 Å². The summed E-state index contributed by atoms with van der Waals surface area (Å²) in [7, 11) is 0. The Bertz CT molecular complexity index is 497. The van der Waals surface area contributed by atoms with Crippen LogP contribution in [-0.2, 0) is 4.74 Å². The maximum atomic E-state index is 12.7. The fraction of sp³-hybridized carbons (Fsp3) is 0.538. The van der Waals surface area contributed by atoms with Gasteiger partial charge >= 0.3 is 0 Å². The molecule has 0 N–H and O–H groups in total. The molecule has 1 aliphatic rings. The van der Waals surface area contributed by atoms with Crippen molar-refractivity contribution in [1.82, 2.24) is 0 Å². The van der Waals surface area contributed by atoms with Gasteiger partial charge in [0.1, 0.15) is 5.69 Å². The highest BCUT2D eigenvalue weighted by atomic mass is 19.3. The molecule has 0 radical (unpaired) electrons. The molecule has 1 aromatic carbocycles. The number of halogens is 2. The van der Waals surface area contributed by atoms with Gasteiger partial charge in [0.15, 0.2) is 0 Å². The molecule has 1 unspecified atom stereocenters. The van der Waals surface area contributed by atoms with Crippen LogP contribution in [0.4, 0.5) is 20.2 Å². The second kappa shape index (κ2) is 6.13. The Morgan fingerprint density at radius 1 is 1.50 bits per heavy atom. The number of nitrogens with zero attached hydrogens (tertiary/aromatic N) is 2. The predicted molar refractivity (Wildman–Crippen MR) is 70.3 cm³/mol. The molecule has 1 aliphatic heterocycles. The van der Waals surface area contributed by atoms with Gasteiger partial charge in [-0.1, -0.05) is 6.07 Å². The van der Waals surface area contributed by atoms with Gasteiger partial charge < -0.3 is 9.64 Å². The van der Waals surface area contributed by atoms with Gasteiger partial charge in [0.2, 0.25) is 0 Å². The van der Waals surface area contributed by atoms with Crippen LogP contribution in [0.3, 0.4) is 0 Å². The molecule has 1 aromatic rings. The van der Waals surface area contributed by atoms with Crippen molar-refractivity contribution in [2.45, 2.75) is 25.9 Å². The number of hydrogen-bond donors (Lipinski definition) is 0. The first-order chi connectivity index (χ1) is 9.49. The van der Waals surface area contributed by atoms with E-state index in [4.69, 9.17) is 4.74 Å². The molecule has 1 atom stereocenters. The number of benzene rings is 1. The second-order valence-corrected chi connectivity index (χ2v) is 4.79. The molecular formula is C13H16F2N2O3. The number of anilines is 1. The summed E-state index contributed by atoms with van der Waals surface area (Å²) < 4.78 is 30.8. The van der Waals surface area contributed by atoms with Crippen LogP contribution in [-0.4, -0.2) is 30.7 Å². The van der Waals surface area contributed by atoms with Crippen LogP contribution >= 0.6 is 0 Å². The van der Waals surface area contributed by atoms with E-state index in [0.29, 0.717) is 25.4 Å². The average molecular weight is 286 g/mol. The Morgan fingerprint density at radius 2 is 2.25 bits per heavy atom. The normalized spacial score (nSPS) is 20.0. The van der Waals surface area contributed by atoms with Crippen molar-refractivity contribution < 1.29 is 18.4 Å². The highest BCUT2D eigenvalue weighted by Crippen LogP contribution is 2.33. The number of nitro groups is 1. The van der Waals surface area contributed by atoms with E-state index in [2.05, 4.69) is 0 Å². The lowest BCUT2D eigenvalue weighted by atomic mass is 10.1. The molecule has 0 bridgehead atoms. The van der Waals surface area contributed by atoms with Crippen LogP contribution in [0.15, 0.2) is 18.2 Å². The van der Waals surface area contributed by atoms with E-state index in [-0.39, 0.29) is 17.4 Å². The van der Waals surface area contributed by atoms with Gasteiger partial charge in [0.05, 0.1) is 11.0 Å². The molecule has 5 nitrogen and oxygen atoms in total. The lowest BCUT2D eigenvalue weighted by molar-refractivity contribution is -0.384. The van der Waals surface area contributed by atoms with Crippen LogP contribution < -0.4 is 4.90 Å². The minimum Gasteiger partial charge on any atom is -0.377 e. The fourth-order valence-electron chi connectivity index (χ4n) is 2.30. The molecule has 0 aliphatic carbocycles. The number of ether oxygens (including phenoxy) is 1. The van der Waals surface area contributed by atoms with Crippen molar-refractivity contribution in [3.8, 4) is 0 Å². The quantitative estimate of drug-likeness (QED) is 0.632. The zero-order valence-electron chi connectivity index (χ0n) is 11.1. The van der Waals surface area contributed by atoms with Gasteiger partial charge in [0, 0.05) is 31.3 Å². The zero-order chi connectivity index (χ0) is 14.7. The first-order valence-electron chi connectivity index (χ1n) is 6.42. The standard InChI is InChI=1S/C13H16F2N2O3/c1-9-8-16(5-2-6-20-9)11-4-3-10(13(14)15)7-12(11)17(18)19/h3-4,7,9,13H,2,5-6,8H2,1H3. The summed E-state index contributed by atoms with van der Waals surface area (Å²) in [6.07, 6.45) is -2.01. The van der Waals surface area contributed by atoms with Crippen LogP contribution in [0.25, 0.3) is 0 Å². The van der Waals surface area contributed by atoms with Gasteiger partial charge in [-0.15, -0.1) is 0 Å². The SMILES string of the molecule is CC1CN(c2ccc(C(F)F)cc2[N+](=O)[O-])CCCO1. The van der Waals surface area contributed by atoms with Crippen molar-refractivity contribution >= 4 is 11.4 Å². The Balaban J connectivity index is 2.36. The molecule has 0 aromatic heterocycles. The molecular weight excluding hydrogens is 270 g/mol. The largest absolute Gasteiger partial charge is 0.377 e. The van der Waals surface area contributed by atoms with E-state index in [1.54, 1.807) is 0 Å². The average Bonchev–Trinajstić information content (AvgIpc) is 2.62. The molecule has 1 saturated heterocycles. The molecule has 7 heteroatoms. The van der Waals surface area contributed by atoms with Crippen LogP contribution in [0.5, 0.6) is 0 Å². The fourth-order valence-corrected chi connectivity index (χ4v) is 2.30. The van der Waals surface area contributed by atoms with E-state index in [1.807, 2.05) is 11.8 Å². The van der Waals surface area contributed by atoms with Gasteiger partial charge in [0.25, 0.3) is 12.1 Å².